The van der Waals surface area contributed by atoms with Crippen LogP contribution < -0.4 is 0 Å². The molecule has 2 bridgehead atoms. The van der Waals surface area contributed by atoms with E-state index < -0.39 is 11.9 Å². The summed E-state index contributed by atoms with van der Waals surface area (Å²) in [7, 11) is 0. The Morgan fingerprint density at radius 1 is 1.50 bits per heavy atom. The number of esters is 1. The lowest BCUT2D eigenvalue weighted by atomic mass is 9.80. The number of rotatable bonds is 1. The smallest absolute Gasteiger partial charge is 0.310 e. The van der Waals surface area contributed by atoms with Gasteiger partial charge in [0.15, 0.2) is 0 Å². The van der Waals surface area contributed by atoms with E-state index in [1.54, 1.807) is 0 Å². The minimum atomic E-state index is -0.832. The molecule has 14 heavy (non-hydrogen) atoms. The molecule has 1 N–H and O–H groups in total. The Kier molecular flexibility index (Phi) is 1.67. The largest absolute Gasteiger partial charge is 0.481 e. The van der Waals surface area contributed by atoms with Gasteiger partial charge in [-0.25, -0.2) is 0 Å². The molecular weight excluding hydrogens is 299 g/mol. The van der Waals surface area contributed by atoms with Crippen molar-refractivity contribution < 1.29 is 19.4 Å². The molecule has 3 fully saturated rings. The SMILES string of the molecule is O=C(O)[C@@H]1[C@H]2C[C@H]3[C@H](OC(=O)[C@@H]31)[C@@H]2I. The van der Waals surface area contributed by atoms with Crippen LogP contribution in [0.25, 0.3) is 0 Å². The van der Waals surface area contributed by atoms with Crippen LogP contribution in [-0.2, 0) is 14.3 Å². The average Bonchev–Trinajstić information content (AvgIpc) is 2.67. The van der Waals surface area contributed by atoms with Crippen LogP contribution in [0.5, 0.6) is 0 Å². The highest BCUT2D eigenvalue weighted by Crippen LogP contribution is 2.59. The van der Waals surface area contributed by atoms with E-state index in [0.717, 1.165) is 6.42 Å². The third-order valence-corrected chi connectivity index (χ3v) is 5.44. The first-order valence-corrected chi connectivity index (χ1v) is 5.93. The van der Waals surface area contributed by atoms with Gasteiger partial charge in [-0.3, -0.25) is 9.59 Å². The number of carboxylic acid groups (broad SMARTS) is 1. The summed E-state index contributed by atoms with van der Waals surface area (Å²) in [6.07, 6.45) is 0.847. The minimum Gasteiger partial charge on any atom is -0.481 e. The molecule has 6 atom stereocenters. The zero-order valence-corrected chi connectivity index (χ0v) is 9.38. The molecule has 0 radical (unpaired) electrons. The Balaban J connectivity index is 2.04. The summed E-state index contributed by atoms with van der Waals surface area (Å²) in [5.41, 5.74) is 0. The second kappa shape index (κ2) is 2.62. The zero-order chi connectivity index (χ0) is 10.0. The van der Waals surface area contributed by atoms with E-state index in [2.05, 4.69) is 22.6 Å². The average molecular weight is 308 g/mol. The van der Waals surface area contributed by atoms with Gasteiger partial charge in [0, 0.05) is 5.92 Å². The summed E-state index contributed by atoms with van der Waals surface area (Å²) >= 11 is 2.23. The van der Waals surface area contributed by atoms with Gasteiger partial charge >= 0.3 is 11.9 Å². The van der Waals surface area contributed by atoms with Crippen LogP contribution in [0, 0.1) is 23.7 Å². The van der Waals surface area contributed by atoms with Gasteiger partial charge in [0.2, 0.25) is 0 Å². The monoisotopic (exact) mass is 308 g/mol. The zero-order valence-electron chi connectivity index (χ0n) is 7.22. The van der Waals surface area contributed by atoms with Gasteiger partial charge in [-0.1, -0.05) is 22.6 Å². The number of fused-ring (bicyclic) bond motifs is 1. The number of carbonyl (C=O) groups excluding carboxylic acids is 1. The van der Waals surface area contributed by atoms with E-state index in [4.69, 9.17) is 9.84 Å². The number of alkyl halides is 1. The van der Waals surface area contributed by atoms with Crippen molar-refractivity contribution in [1.82, 2.24) is 0 Å². The van der Waals surface area contributed by atoms with Crippen molar-refractivity contribution in [2.45, 2.75) is 16.4 Å². The van der Waals surface area contributed by atoms with Gasteiger partial charge in [-0.05, 0) is 12.3 Å². The quantitative estimate of drug-likeness (QED) is 0.440. The highest BCUT2D eigenvalue weighted by atomic mass is 127. The molecule has 0 aromatic heterocycles. The van der Waals surface area contributed by atoms with Gasteiger partial charge in [0.05, 0.1) is 15.8 Å². The molecular formula is C9H9IO4. The van der Waals surface area contributed by atoms with E-state index in [1.807, 2.05) is 0 Å². The molecule has 0 aromatic carbocycles. The third kappa shape index (κ3) is 0.844. The van der Waals surface area contributed by atoms with Gasteiger partial charge in [-0.2, -0.15) is 0 Å². The maximum Gasteiger partial charge on any atom is 0.310 e. The molecule has 0 aromatic rings. The van der Waals surface area contributed by atoms with E-state index in [1.165, 1.54) is 0 Å². The normalized spacial score (nSPS) is 53.6. The highest BCUT2D eigenvalue weighted by molar-refractivity contribution is 14.1. The second-order valence-electron chi connectivity index (χ2n) is 4.30. The Labute approximate surface area is 94.1 Å². The Morgan fingerprint density at radius 3 is 2.86 bits per heavy atom. The van der Waals surface area contributed by atoms with Crippen LogP contribution in [0.3, 0.4) is 0 Å². The minimum absolute atomic E-state index is 0.00583. The fraction of sp³-hybridized carbons (Fsp3) is 0.778. The molecule has 0 unspecified atom stereocenters. The van der Waals surface area contributed by atoms with E-state index >= 15 is 0 Å². The lowest BCUT2D eigenvalue weighted by Crippen LogP contribution is -2.37. The maximum atomic E-state index is 11.5. The number of carbonyl (C=O) groups is 2. The van der Waals surface area contributed by atoms with Crippen molar-refractivity contribution in [3.63, 3.8) is 0 Å². The summed E-state index contributed by atoms with van der Waals surface area (Å²) in [5, 5.41) is 9.08. The summed E-state index contributed by atoms with van der Waals surface area (Å²) in [6.45, 7) is 0. The van der Waals surface area contributed by atoms with Crippen LogP contribution in [-0.4, -0.2) is 27.1 Å². The number of hydrogen-bond donors (Lipinski definition) is 1. The summed E-state index contributed by atoms with van der Waals surface area (Å²) in [5.74, 6) is -1.65. The Bertz CT molecular complexity index is 329. The first kappa shape index (κ1) is 8.94. The van der Waals surface area contributed by atoms with Gasteiger partial charge in [0.25, 0.3) is 0 Å². The molecule has 2 aliphatic carbocycles. The first-order valence-electron chi connectivity index (χ1n) is 4.68. The Morgan fingerprint density at radius 2 is 2.21 bits per heavy atom. The summed E-state index contributed by atoms with van der Waals surface area (Å²) in [4.78, 5) is 22.5. The van der Waals surface area contributed by atoms with E-state index in [9.17, 15) is 9.59 Å². The van der Waals surface area contributed by atoms with Crippen LogP contribution in [0.4, 0.5) is 0 Å². The van der Waals surface area contributed by atoms with Gasteiger partial charge in [-0.15, -0.1) is 0 Å². The van der Waals surface area contributed by atoms with Crippen molar-refractivity contribution in [1.29, 1.82) is 0 Å². The first-order chi connectivity index (χ1) is 6.61. The van der Waals surface area contributed by atoms with E-state index in [0.29, 0.717) is 0 Å². The molecule has 1 heterocycles. The molecule has 5 heteroatoms. The standard InChI is InChI=1S/C9H9IO4/c10-6-2-1-3-5(4(2)8(11)12)9(13)14-7(3)6/h2-7H,1H2,(H,11,12)/t2-,3-,4-,5+,6-,7+/m1/s1. The lowest BCUT2D eigenvalue weighted by molar-refractivity contribution is -0.151. The molecule has 2 saturated carbocycles. The van der Waals surface area contributed by atoms with Crippen molar-refractivity contribution in [3.8, 4) is 0 Å². The molecule has 4 nitrogen and oxygen atoms in total. The molecule has 0 spiro atoms. The lowest BCUT2D eigenvalue weighted by Gasteiger charge is -2.25. The Hall–Kier alpha value is -0.330. The molecule has 3 rings (SSSR count). The molecule has 3 aliphatic rings. The summed E-state index contributed by atoms with van der Waals surface area (Å²) in [6, 6.07) is 0. The van der Waals surface area contributed by atoms with Crippen molar-refractivity contribution in [2.75, 3.05) is 0 Å². The predicted molar refractivity (Wildman–Crippen MR) is 53.9 cm³/mol. The van der Waals surface area contributed by atoms with Crippen molar-refractivity contribution >= 4 is 34.5 Å². The number of carboxylic acids is 1. The van der Waals surface area contributed by atoms with Gasteiger partial charge < -0.3 is 9.84 Å². The topological polar surface area (TPSA) is 63.6 Å². The van der Waals surface area contributed by atoms with Gasteiger partial charge in [0.1, 0.15) is 6.10 Å². The van der Waals surface area contributed by atoms with E-state index in [-0.39, 0.29) is 33.8 Å². The van der Waals surface area contributed by atoms with Crippen molar-refractivity contribution in [3.05, 3.63) is 0 Å². The maximum absolute atomic E-state index is 11.5. The molecule has 76 valence electrons. The van der Waals surface area contributed by atoms with Crippen LogP contribution >= 0.6 is 22.6 Å². The third-order valence-electron chi connectivity index (χ3n) is 3.81. The number of halogens is 1. The number of ether oxygens (including phenoxy) is 1. The predicted octanol–water partition coefficient (Wildman–Crippen LogP) is 0.682. The fourth-order valence-corrected chi connectivity index (χ4v) is 4.73. The fourth-order valence-electron chi connectivity index (χ4n) is 3.31. The molecule has 1 aliphatic heterocycles. The van der Waals surface area contributed by atoms with Crippen LogP contribution in [0.1, 0.15) is 6.42 Å². The van der Waals surface area contributed by atoms with Crippen molar-refractivity contribution in [2.24, 2.45) is 23.7 Å². The van der Waals surface area contributed by atoms with Crippen LogP contribution in [0.15, 0.2) is 0 Å². The van der Waals surface area contributed by atoms with Crippen LogP contribution in [0.2, 0.25) is 0 Å². The molecule has 1 saturated heterocycles. The highest BCUT2D eigenvalue weighted by Gasteiger charge is 2.67. The molecule has 0 amide bonds. The summed E-state index contributed by atoms with van der Waals surface area (Å²) < 4.78 is 5.42. The number of aliphatic carboxylic acids is 1. The second-order valence-corrected chi connectivity index (χ2v) is 5.74. The number of hydrogen-bond acceptors (Lipinski definition) is 3.